The summed E-state index contributed by atoms with van der Waals surface area (Å²) in [6, 6.07) is 5.98. The van der Waals surface area contributed by atoms with E-state index in [9.17, 15) is 4.39 Å². The highest BCUT2D eigenvalue weighted by Gasteiger charge is 1.87. The smallest absolute Gasteiger partial charge is 0.125 e. The highest BCUT2D eigenvalue weighted by atomic mass is 19.1. The molecule has 0 saturated heterocycles. The molecule has 0 aliphatic heterocycles. The minimum atomic E-state index is -0.278. The van der Waals surface area contributed by atoms with E-state index >= 15 is 0 Å². The summed E-state index contributed by atoms with van der Waals surface area (Å²) < 4.78 is 12.3. The van der Waals surface area contributed by atoms with Crippen LogP contribution >= 0.6 is 0 Å². The summed E-state index contributed by atoms with van der Waals surface area (Å²) >= 11 is 0. The van der Waals surface area contributed by atoms with Crippen LogP contribution in [0.25, 0.3) is 0 Å². The van der Waals surface area contributed by atoms with Crippen LogP contribution in [-0.2, 0) is 0 Å². The van der Waals surface area contributed by atoms with Crippen molar-refractivity contribution >= 4 is 12.4 Å². The third-order valence-electron chi connectivity index (χ3n) is 0.991. The molecule has 2 heteroatoms. The van der Waals surface area contributed by atoms with E-state index in [-0.39, 0.29) is 5.82 Å². The molecular formula is C7H6FN. The Kier molecular flexibility index (Phi) is 1.58. The molecule has 0 radical (unpaired) electrons. The molecule has 1 aromatic carbocycles. The first-order valence-electron chi connectivity index (χ1n) is 2.55. The number of hydrogen-bond acceptors (Lipinski definition) is 1. The molecule has 0 spiro atoms. The molecular weight excluding hydrogens is 117 g/mol. The van der Waals surface area contributed by atoms with E-state index in [1.165, 1.54) is 12.1 Å². The van der Waals surface area contributed by atoms with Gasteiger partial charge in [0, 0.05) is 0 Å². The van der Waals surface area contributed by atoms with Crippen molar-refractivity contribution in [2.75, 3.05) is 0 Å². The van der Waals surface area contributed by atoms with Crippen LogP contribution in [0.1, 0.15) is 0 Å². The van der Waals surface area contributed by atoms with Gasteiger partial charge in [0.05, 0.1) is 5.69 Å². The zero-order valence-electron chi connectivity index (χ0n) is 4.84. The van der Waals surface area contributed by atoms with Crippen LogP contribution in [0.4, 0.5) is 10.1 Å². The molecule has 0 aromatic heterocycles. The first-order valence-corrected chi connectivity index (χ1v) is 2.55. The molecule has 0 fully saturated rings. The molecule has 9 heavy (non-hydrogen) atoms. The van der Waals surface area contributed by atoms with Crippen LogP contribution in [0.5, 0.6) is 0 Å². The van der Waals surface area contributed by atoms with Crippen molar-refractivity contribution in [1.29, 1.82) is 0 Å². The number of nitrogens with zero attached hydrogens (tertiary/aromatic N) is 1. The molecule has 0 heterocycles. The summed E-state index contributed by atoms with van der Waals surface area (Å²) in [7, 11) is 0. The lowest BCUT2D eigenvalue weighted by atomic mass is 10.3. The van der Waals surface area contributed by atoms with Crippen LogP contribution < -0.4 is 0 Å². The monoisotopic (exact) mass is 123 g/mol. The normalized spacial score (nSPS) is 9.00. The summed E-state index contributed by atoms with van der Waals surface area (Å²) in [5, 5.41) is 0. The zero-order chi connectivity index (χ0) is 6.69. The minimum absolute atomic E-state index is 0.278. The molecule has 0 aliphatic carbocycles. The maximum atomic E-state index is 12.3. The van der Waals surface area contributed by atoms with Gasteiger partial charge in [0.15, 0.2) is 0 Å². The summed E-state index contributed by atoms with van der Waals surface area (Å²) in [5.41, 5.74) is 0.565. The van der Waals surface area contributed by atoms with Gasteiger partial charge in [0.25, 0.3) is 0 Å². The second kappa shape index (κ2) is 2.40. The number of rotatable bonds is 1. The van der Waals surface area contributed by atoms with Crippen molar-refractivity contribution in [1.82, 2.24) is 0 Å². The Labute approximate surface area is 52.9 Å². The summed E-state index contributed by atoms with van der Waals surface area (Å²) in [6.07, 6.45) is 0. The van der Waals surface area contributed by atoms with Gasteiger partial charge in [-0.2, -0.15) is 0 Å². The summed E-state index contributed by atoms with van der Waals surface area (Å²) in [4.78, 5) is 3.54. The van der Waals surface area contributed by atoms with Gasteiger partial charge in [-0.3, -0.25) is 4.99 Å². The second-order valence-corrected chi connectivity index (χ2v) is 1.64. The Balaban J connectivity index is 3.07. The highest BCUT2D eigenvalue weighted by Crippen LogP contribution is 2.10. The van der Waals surface area contributed by atoms with Gasteiger partial charge in [-0.05, 0) is 24.9 Å². The zero-order valence-corrected chi connectivity index (χ0v) is 4.84. The first kappa shape index (κ1) is 5.95. The van der Waals surface area contributed by atoms with E-state index in [4.69, 9.17) is 0 Å². The van der Waals surface area contributed by atoms with E-state index < -0.39 is 0 Å². The number of halogens is 1. The third kappa shape index (κ3) is 1.35. The third-order valence-corrected chi connectivity index (χ3v) is 0.991. The van der Waals surface area contributed by atoms with E-state index in [1.54, 1.807) is 12.1 Å². The lowest BCUT2D eigenvalue weighted by Gasteiger charge is -1.88. The van der Waals surface area contributed by atoms with Crippen LogP contribution in [0.2, 0.25) is 0 Å². The van der Waals surface area contributed by atoms with Crippen molar-refractivity contribution in [2.45, 2.75) is 0 Å². The lowest BCUT2D eigenvalue weighted by molar-refractivity contribution is 0.628. The Morgan fingerprint density at radius 1 is 1.44 bits per heavy atom. The quantitative estimate of drug-likeness (QED) is 0.507. The Hall–Kier alpha value is -1.18. The average molecular weight is 123 g/mol. The van der Waals surface area contributed by atoms with E-state index in [0.717, 1.165) is 0 Å². The lowest BCUT2D eigenvalue weighted by Crippen LogP contribution is -1.68. The molecule has 0 atom stereocenters. The number of benzene rings is 1. The van der Waals surface area contributed by atoms with Gasteiger partial charge < -0.3 is 0 Å². The average Bonchev–Trinajstić information content (AvgIpc) is 1.88. The van der Waals surface area contributed by atoms with Gasteiger partial charge >= 0.3 is 0 Å². The second-order valence-electron chi connectivity index (χ2n) is 1.64. The Bertz CT molecular complexity index is 220. The van der Waals surface area contributed by atoms with Gasteiger partial charge in [0.2, 0.25) is 0 Å². The molecule has 46 valence electrons. The van der Waals surface area contributed by atoms with Crippen molar-refractivity contribution in [3.05, 3.63) is 30.1 Å². The minimum Gasteiger partial charge on any atom is -0.265 e. The van der Waals surface area contributed by atoms with Gasteiger partial charge in [0.1, 0.15) is 5.82 Å². The molecule has 1 aromatic rings. The SMILES string of the molecule is C=Nc1cccc(F)c1. The standard InChI is InChI=1S/C7H6FN/c1-9-7-4-2-3-6(8)5-7/h2-5H,1H2. The number of hydrogen-bond donors (Lipinski definition) is 0. The topological polar surface area (TPSA) is 12.4 Å². The van der Waals surface area contributed by atoms with E-state index in [2.05, 4.69) is 11.7 Å². The summed E-state index contributed by atoms with van der Waals surface area (Å²) in [5.74, 6) is -0.278. The summed E-state index contributed by atoms with van der Waals surface area (Å²) in [6.45, 7) is 3.26. The molecule has 1 rings (SSSR count). The fourth-order valence-electron chi connectivity index (χ4n) is 0.574. The van der Waals surface area contributed by atoms with Gasteiger partial charge in [-0.25, -0.2) is 4.39 Å². The Morgan fingerprint density at radius 2 is 2.22 bits per heavy atom. The first-order chi connectivity index (χ1) is 4.33. The van der Waals surface area contributed by atoms with E-state index in [0.29, 0.717) is 5.69 Å². The maximum Gasteiger partial charge on any atom is 0.125 e. The molecule has 0 amide bonds. The fourth-order valence-corrected chi connectivity index (χ4v) is 0.574. The van der Waals surface area contributed by atoms with Crippen LogP contribution in [0.3, 0.4) is 0 Å². The Morgan fingerprint density at radius 3 is 2.67 bits per heavy atom. The molecule has 0 bridgehead atoms. The van der Waals surface area contributed by atoms with Crippen LogP contribution in [0, 0.1) is 5.82 Å². The van der Waals surface area contributed by atoms with Crippen LogP contribution in [0.15, 0.2) is 29.3 Å². The molecule has 1 nitrogen and oxygen atoms in total. The molecule has 0 N–H and O–H groups in total. The van der Waals surface area contributed by atoms with Crippen molar-refractivity contribution in [2.24, 2.45) is 4.99 Å². The largest absolute Gasteiger partial charge is 0.265 e. The molecule has 0 saturated carbocycles. The van der Waals surface area contributed by atoms with Crippen LogP contribution in [-0.4, -0.2) is 6.72 Å². The van der Waals surface area contributed by atoms with Crippen molar-refractivity contribution < 1.29 is 4.39 Å². The highest BCUT2D eigenvalue weighted by molar-refractivity contribution is 5.44. The fraction of sp³-hybridized carbons (Fsp3) is 0. The van der Waals surface area contributed by atoms with Gasteiger partial charge in [-0.1, -0.05) is 6.07 Å². The van der Waals surface area contributed by atoms with E-state index in [1.807, 2.05) is 0 Å². The van der Waals surface area contributed by atoms with Gasteiger partial charge in [-0.15, -0.1) is 0 Å². The van der Waals surface area contributed by atoms with Crippen molar-refractivity contribution in [3.63, 3.8) is 0 Å². The predicted molar refractivity (Wildman–Crippen MR) is 35.6 cm³/mol. The van der Waals surface area contributed by atoms with Crippen molar-refractivity contribution in [3.8, 4) is 0 Å². The molecule has 0 unspecified atom stereocenters. The number of aliphatic imine (C=N–C) groups is 1. The molecule has 0 aliphatic rings. The predicted octanol–water partition coefficient (Wildman–Crippen LogP) is 2.16. The maximum absolute atomic E-state index is 12.3.